The van der Waals surface area contributed by atoms with Crippen molar-refractivity contribution in [2.24, 2.45) is 5.92 Å². The first kappa shape index (κ1) is 15.3. The van der Waals surface area contributed by atoms with E-state index in [0.717, 1.165) is 12.0 Å². The fourth-order valence-electron chi connectivity index (χ4n) is 2.39. The molecule has 2 N–H and O–H groups in total. The Morgan fingerprint density at radius 1 is 1.30 bits per heavy atom. The van der Waals surface area contributed by atoms with Gasteiger partial charge in [-0.15, -0.1) is 0 Å². The summed E-state index contributed by atoms with van der Waals surface area (Å²) in [7, 11) is 0. The fraction of sp³-hybridized carbons (Fsp3) is 0.571. The Hall–Kier alpha value is -1.11. The number of ether oxygens (including phenoxy) is 1. The molecule has 0 aliphatic carbocycles. The van der Waals surface area contributed by atoms with E-state index in [-0.39, 0.29) is 12.0 Å². The summed E-state index contributed by atoms with van der Waals surface area (Å²) in [4.78, 5) is 0. The number of hydrogen-bond acceptors (Lipinski definition) is 3. The lowest BCUT2D eigenvalue weighted by atomic mass is 9.92. The zero-order valence-electron chi connectivity index (χ0n) is 10.9. The number of alkyl halides is 3. The van der Waals surface area contributed by atoms with Crippen LogP contribution in [0.4, 0.5) is 13.2 Å². The van der Waals surface area contributed by atoms with Gasteiger partial charge in [-0.05, 0) is 12.0 Å². The molecule has 6 heteroatoms. The van der Waals surface area contributed by atoms with Crippen molar-refractivity contribution in [1.82, 2.24) is 5.32 Å². The number of aliphatic hydroxyl groups is 1. The highest BCUT2D eigenvalue weighted by molar-refractivity contribution is 5.20. The Kier molecular flexibility index (Phi) is 5.01. The smallest absolute Gasteiger partial charge is 0.382 e. The maximum absolute atomic E-state index is 12.4. The van der Waals surface area contributed by atoms with Gasteiger partial charge in [-0.25, -0.2) is 0 Å². The van der Waals surface area contributed by atoms with Gasteiger partial charge in [-0.1, -0.05) is 30.3 Å². The molecule has 1 aliphatic heterocycles. The average Bonchev–Trinajstić information content (AvgIpc) is 2.93. The lowest BCUT2D eigenvalue weighted by Gasteiger charge is -2.26. The van der Waals surface area contributed by atoms with Gasteiger partial charge < -0.3 is 15.2 Å². The molecule has 1 heterocycles. The van der Waals surface area contributed by atoms with Crippen LogP contribution in [0.1, 0.15) is 18.0 Å². The Balaban J connectivity index is 2.04. The summed E-state index contributed by atoms with van der Waals surface area (Å²) in [6.07, 6.45) is -6.15. The molecule has 1 saturated heterocycles. The Bertz CT molecular complexity index is 405. The minimum absolute atomic E-state index is 0.123. The Labute approximate surface area is 115 Å². The highest BCUT2D eigenvalue weighted by Crippen LogP contribution is 2.29. The van der Waals surface area contributed by atoms with E-state index >= 15 is 0 Å². The van der Waals surface area contributed by atoms with Crippen molar-refractivity contribution in [3.8, 4) is 0 Å². The molecule has 3 nitrogen and oxygen atoms in total. The standard InChI is InChI=1S/C14H18F3NO2/c15-14(16,17)12(19)8-18-13(11-6-7-20-9-11)10-4-2-1-3-5-10/h1-5,11-13,18-19H,6-9H2/t11-,12+,13+/m0/s1. The lowest BCUT2D eigenvalue weighted by molar-refractivity contribution is -0.202. The third-order valence-corrected chi connectivity index (χ3v) is 3.50. The molecule has 2 rings (SSSR count). The van der Waals surface area contributed by atoms with E-state index in [9.17, 15) is 13.2 Å². The highest BCUT2D eigenvalue weighted by atomic mass is 19.4. The van der Waals surface area contributed by atoms with E-state index in [1.807, 2.05) is 30.3 Å². The van der Waals surface area contributed by atoms with E-state index in [2.05, 4.69) is 5.32 Å². The second-order valence-electron chi connectivity index (χ2n) is 4.98. The molecular formula is C14H18F3NO2. The first-order valence-electron chi connectivity index (χ1n) is 6.59. The number of rotatable bonds is 5. The summed E-state index contributed by atoms with van der Waals surface area (Å²) in [6, 6.07) is 9.05. The zero-order chi connectivity index (χ0) is 14.6. The average molecular weight is 289 g/mol. The lowest BCUT2D eigenvalue weighted by Crippen LogP contribution is -2.41. The number of hydrogen-bond donors (Lipinski definition) is 2. The summed E-state index contributed by atoms with van der Waals surface area (Å²) in [5, 5.41) is 11.9. The first-order valence-corrected chi connectivity index (χ1v) is 6.59. The normalized spacial score (nSPS) is 22.7. The molecule has 3 atom stereocenters. The van der Waals surface area contributed by atoms with Crippen LogP contribution in [-0.4, -0.2) is 37.1 Å². The SMILES string of the molecule is O[C@H](CN[C@H](c1ccccc1)[C@H]1CCOC1)C(F)(F)F. The van der Waals surface area contributed by atoms with Crippen molar-refractivity contribution >= 4 is 0 Å². The second kappa shape index (κ2) is 6.56. The van der Waals surface area contributed by atoms with Gasteiger partial charge in [0.25, 0.3) is 0 Å². The van der Waals surface area contributed by atoms with E-state index in [1.165, 1.54) is 0 Å². The molecule has 0 bridgehead atoms. The van der Waals surface area contributed by atoms with Gasteiger partial charge in [0.05, 0.1) is 6.61 Å². The molecule has 0 spiro atoms. The molecule has 1 aromatic carbocycles. The van der Waals surface area contributed by atoms with Crippen LogP contribution in [0.25, 0.3) is 0 Å². The third-order valence-electron chi connectivity index (χ3n) is 3.50. The number of benzene rings is 1. The van der Waals surface area contributed by atoms with Gasteiger partial charge in [-0.2, -0.15) is 13.2 Å². The topological polar surface area (TPSA) is 41.5 Å². The number of nitrogens with one attached hydrogen (secondary N) is 1. The Morgan fingerprint density at radius 3 is 2.55 bits per heavy atom. The van der Waals surface area contributed by atoms with Gasteiger partial charge in [0, 0.05) is 25.1 Å². The second-order valence-corrected chi connectivity index (χ2v) is 4.98. The van der Waals surface area contributed by atoms with Crippen LogP contribution in [0.15, 0.2) is 30.3 Å². The summed E-state index contributed by atoms with van der Waals surface area (Å²) < 4.78 is 42.4. The number of halogens is 3. The van der Waals surface area contributed by atoms with Gasteiger partial charge in [0.1, 0.15) is 0 Å². The van der Waals surface area contributed by atoms with Crippen LogP contribution in [0.3, 0.4) is 0 Å². The van der Waals surface area contributed by atoms with Crippen molar-refractivity contribution < 1.29 is 23.0 Å². The van der Waals surface area contributed by atoms with Gasteiger partial charge in [0.2, 0.25) is 0 Å². The van der Waals surface area contributed by atoms with Gasteiger partial charge in [0.15, 0.2) is 6.10 Å². The predicted molar refractivity (Wildman–Crippen MR) is 68.2 cm³/mol. The largest absolute Gasteiger partial charge is 0.415 e. The fourth-order valence-corrected chi connectivity index (χ4v) is 2.39. The van der Waals surface area contributed by atoms with Crippen LogP contribution in [0.2, 0.25) is 0 Å². The summed E-state index contributed by atoms with van der Waals surface area (Å²) in [6.45, 7) is 0.631. The van der Waals surface area contributed by atoms with Crippen LogP contribution in [-0.2, 0) is 4.74 Å². The van der Waals surface area contributed by atoms with Crippen LogP contribution in [0.5, 0.6) is 0 Å². The van der Waals surface area contributed by atoms with Crippen LogP contribution in [0, 0.1) is 5.92 Å². The quantitative estimate of drug-likeness (QED) is 0.874. The third kappa shape index (κ3) is 3.94. The molecule has 0 radical (unpaired) electrons. The van der Waals surface area contributed by atoms with Crippen molar-refractivity contribution in [2.75, 3.05) is 19.8 Å². The molecule has 1 aliphatic rings. The first-order chi connectivity index (χ1) is 9.48. The minimum atomic E-state index is -4.60. The maximum Gasteiger partial charge on any atom is 0.415 e. The van der Waals surface area contributed by atoms with Crippen LogP contribution >= 0.6 is 0 Å². The maximum atomic E-state index is 12.4. The summed E-state index contributed by atoms with van der Waals surface area (Å²) in [5.41, 5.74) is 0.914. The van der Waals surface area contributed by atoms with Crippen molar-refractivity contribution in [3.05, 3.63) is 35.9 Å². The minimum Gasteiger partial charge on any atom is -0.382 e. The van der Waals surface area contributed by atoms with E-state index in [0.29, 0.717) is 13.2 Å². The van der Waals surface area contributed by atoms with Gasteiger partial charge >= 0.3 is 6.18 Å². The molecule has 0 amide bonds. The molecule has 1 aromatic rings. The molecule has 0 aromatic heterocycles. The highest BCUT2D eigenvalue weighted by Gasteiger charge is 2.39. The van der Waals surface area contributed by atoms with E-state index < -0.39 is 18.8 Å². The molecule has 20 heavy (non-hydrogen) atoms. The van der Waals surface area contributed by atoms with Crippen molar-refractivity contribution in [3.63, 3.8) is 0 Å². The van der Waals surface area contributed by atoms with E-state index in [1.54, 1.807) is 0 Å². The molecule has 0 saturated carbocycles. The Morgan fingerprint density at radius 2 is 2.00 bits per heavy atom. The van der Waals surface area contributed by atoms with Crippen LogP contribution < -0.4 is 5.32 Å². The van der Waals surface area contributed by atoms with Gasteiger partial charge in [-0.3, -0.25) is 0 Å². The number of aliphatic hydroxyl groups excluding tert-OH is 1. The summed E-state index contributed by atoms with van der Waals surface area (Å²) in [5.74, 6) is 0.123. The molecule has 0 unspecified atom stereocenters. The summed E-state index contributed by atoms with van der Waals surface area (Å²) >= 11 is 0. The van der Waals surface area contributed by atoms with Crippen molar-refractivity contribution in [1.29, 1.82) is 0 Å². The molecule has 1 fully saturated rings. The molecule has 112 valence electrons. The predicted octanol–water partition coefficient (Wildman–Crippen LogP) is 2.28. The molecular weight excluding hydrogens is 271 g/mol. The van der Waals surface area contributed by atoms with Crippen molar-refractivity contribution in [2.45, 2.75) is 24.7 Å². The van der Waals surface area contributed by atoms with E-state index in [4.69, 9.17) is 9.84 Å². The monoisotopic (exact) mass is 289 g/mol. The zero-order valence-corrected chi connectivity index (χ0v) is 10.9.